The zero-order valence-electron chi connectivity index (χ0n) is 21.4. The van der Waals surface area contributed by atoms with Gasteiger partial charge in [0, 0.05) is 16.8 Å². The molecule has 0 spiro atoms. The number of benzene rings is 3. The number of carbonyl (C=O) groups excluding carboxylic acids is 1. The number of hydrogen-bond donors (Lipinski definition) is 1. The van der Waals surface area contributed by atoms with Gasteiger partial charge in [-0.1, -0.05) is 11.8 Å². The predicted molar refractivity (Wildman–Crippen MR) is 146 cm³/mol. The molecule has 0 bridgehead atoms. The molecular formula is C27H27N5O5S. The van der Waals surface area contributed by atoms with Gasteiger partial charge in [-0.25, -0.2) is 5.43 Å². The highest BCUT2D eigenvalue weighted by Crippen LogP contribution is 2.30. The minimum absolute atomic E-state index is 0.0729. The molecule has 4 rings (SSSR count). The van der Waals surface area contributed by atoms with Crippen LogP contribution in [0.5, 0.6) is 23.0 Å². The largest absolute Gasteiger partial charge is 0.497 e. The van der Waals surface area contributed by atoms with Crippen LogP contribution in [0, 0.1) is 0 Å². The molecule has 11 heteroatoms. The Morgan fingerprint density at radius 1 is 0.868 bits per heavy atom. The Balaban J connectivity index is 1.52. The number of carbonyl (C=O) groups is 1. The fourth-order valence-corrected chi connectivity index (χ4v) is 4.28. The van der Waals surface area contributed by atoms with Gasteiger partial charge in [0.2, 0.25) is 0 Å². The van der Waals surface area contributed by atoms with Crippen LogP contribution in [-0.4, -0.2) is 61.1 Å². The summed E-state index contributed by atoms with van der Waals surface area (Å²) >= 11 is 1.25. The quantitative estimate of drug-likeness (QED) is 0.174. The van der Waals surface area contributed by atoms with Gasteiger partial charge in [-0.15, -0.1) is 10.2 Å². The second-order valence-electron chi connectivity index (χ2n) is 7.76. The fraction of sp³-hybridized carbons (Fsp3) is 0.185. The molecule has 1 heterocycles. The van der Waals surface area contributed by atoms with E-state index in [9.17, 15) is 4.79 Å². The van der Waals surface area contributed by atoms with Gasteiger partial charge in [0.25, 0.3) is 5.91 Å². The van der Waals surface area contributed by atoms with Gasteiger partial charge in [0.05, 0.1) is 40.4 Å². The van der Waals surface area contributed by atoms with Crippen LogP contribution in [0.25, 0.3) is 17.1 Å². The summed E-state index contributed by atoms with van der Waals surface area (Å²) in [6.07, 6.45) is 1.51. The van der Waals surface area contributed by atoms with E-state index in [0.717, 1.165) is 22.7 Å². The third-order valence-corrected chi connectivity index (χ3v) is 6.40. The van der Waals surface area contributed by atoms with Crippen LogP contribution in [0.4, 0.5) is 0 Å². The summed E-state index contributed by atoms with van der Waals surface area (Å²) in [7, 11) is 6.37. The Kier molecular flexibility index (Phi) is 8.83. The lowest BCUT2D eigenvalue weighted by molar-refractivity contribution is -0.118. The Bertz CT molecular complexity index is 1400. The standard InChI is InChI=1S/C27H27N5O5S/c1-34-21-9-5-18(6-10-21)26-30-31-27(32(26)20-7-11-22(35-2)12-8-20)38-17-25(33)29-28-16-19-15-23(36-3)13-14-24(19)37-4/h5-16H,17H2,1-4H3,(H,29,33)/b28-16+. The van der Waals surface area contributed by atoms with Gasteiger partial charge >= 0.3 is 0 Å². The van der Waals surface area contributed by atoms with E-state index in [1.54, 1.807) is 46.6 Å². The van der Waals surface area contributed by atoms with Gasteiger partial charge in [-0.05, 0) is 66.7 Å². The minimum atomic E-state index is -0.302. The molecule has 0 aliphatic heterocycles. The smallest absolute Gasteiger partial charge is 0.250 e. The normalized spacial score (nSPS) is 10.8. The summed E-state index contributed by atoms with van der Waals surface area (Å²) in [5, 5.41) is 13.4. The molecule has 4 aromatic rings. The molecule has 0 atom stereocenters. The first-order chi connectivity index (χ1) is 18.6. The van der Waals surface area contributed by atoms with Crippen molar-refractivity contribution < 1.29 is 23.7 Å². The second kappa shape index (κ2) is 12.6. The molecule has 38 heavy (non-hydrogen) atoms. The summed E-state index contributed by atoms with van der Waals surface area (Å²) in [6.45, 7) is 0. The lowest BCUT2D eigenvalue weighted by Gasteiger charge is -2.11. The zero-order valence-corrected chi connectivity index (χ0v) is 22.2. The summed E-state index contributed by atoms with van der Waals surface area (Å²) < 4.78 is 23.0. The van der Waals surface area contributed by atoms with Crippen LogP contribution >= 0.6 is 11.8 Å². The van der Waals surface area contributed by atoms with E-state index >= 15 is 0 Å². The minimum Gasteiger partial charge on any atom is -0.497 e. The number of nitrogens with zero attached hydrogens (tertiary/aromatic N) is 4. The summed E-state index contributed by atoms with van der Waals surface area (Å²) in [5.74, 6) is 3.13. The summed E-state index contributed by atoms with van der Waals surface area (Å²) in [5.41, 5.74) is 4.89. The first-order valence-corrected chi connectivity index (χ1v) is 12.5. The van der Waals surface area contributed by atoms with Crippen molar-refractivity contribution in [2.45, 2.75) is 5.16 Å². The molecule has 0 saturated carbocycles. The zero-order chi connectivity index (χ0) is 26.9. The number of methoxy groups -OCH3 is 4. The molecular weight excluding hydrogens is 506 g/mol. The highest BCUT2D eigenvalue weighted by molar-refractivity contribution is 7.99. The Hall–Kier alpha value is -4.51. The second-order valence-corrected chi connectivity index (χ2v) is 8.70. The number of rotatable bonds is 11. The van der Waals surface area contributed by atoms with Crippen molar-refractivity contribution in [3.05, 3.63) is 72.3 Å². The molecule has 0 saturated heterocycles. The molecule has 10 nitrogen and oxygen atoms in total. The first kappa shape index (κ1) is 26.6. The molecule has 1 aromatic heterocycles. The molecule has 196 valence electrons. The average Bonchev–Trinajstić information content (AvgIpc) is 3.40. The van der Waals surface area contributed by atoms with Crippen molar-refractivity contribution >= 4 is 23.9 Å². The predicted octanol–water partition coefficient (Wildman–Crippen LogP) is 4.21. The average molecular weight is 534 g/mol. The maximum Gasteiger partial charge on any atom is 0.250 e. The molecule has 0 radical (unpaired) electrons. The van der Waals surface area contributed by atoms with E-state index in [-0.39, 0.29) is 11.7 Å². The van der Waals surface area contributed by atoms with E-state index in [0.29, 0.717) is 28.0 Å². The van der Waals surface area contributed by atoms with Gasteiger partial charge in [0.1, 0.15) is 23.0 Å². The molecule has 1 amide bonds. The van der Waals surface area contributed by atoms with E-state index in [4.69, 9.17) is 18.9 Å². The third kappa shape index (κ3) is 6.24. The Labute approximate surface area is 224 Å². The number of hydrogen-bond acceptors (Lipinski definition) is 9. The maximum absolute atomic E-state index is 12.6. The van der Waals surface area contributed by atoms with E-state index in [2.05, 4.69) is 20.7 Å². The van der Waals surface area contributed by atoms with Crippen LogP contribution in [0.15, 0.2) is 77.0 Å². The highest BCUT2D eigenvalue weighted by Gasteiger charge is 2.17. The lowest BCUT2D eigenvalue weighted by atomic mass is 10.2. The van der Waals surface area contributed by atoms with Gasteiger partial charge in [-0.2, -0.15) is 5.10 Å². The number of amides is 1. The van der Waals surface area contributed by atoms with Crippen LogP contribution in [-0.2, 0) is 4.79 Å². The molecule has 3 aromatic carbocycles. The number of thioether (sulfide) groups is 1. The van der Waals surface area contributed by atoms with Crippen molar-refractivity contribution in [2.75, 3.05) is 34.2 Å². The van der Waals surface area contributed by atoms with Crippen molar-refractivity contribution in [3.8, 4) is 40.1 Å². The summed E-state index contributed by atoms with van der Waals surface area (Å²) in [6, 6.07) is 20.4. The third-order valence-electron chi connectivity index (χ3n) is 5.47. The van der Waals surface area contributed by atoms with Gasteiger partial charge in [0.15, 0.2) is 11.0 Å². The number of hydrazone groups is 1. The van der Waals surface area contributed by atoms with E-state index in [1.165, 1.54) is 18.0 Å². The number of aromatic nitrogens is 3. The van der Waals surface area contributed by atoms with Crippen LogP contribution in [0.2, 0.25) is 0 Å². The molecule has 0 fully saturated rings. The molecule has 0 aliphatic carbocycles. The topological polar surface area (TPSA) is 109 Å². The van der Waals surface area contributed by atoms with E-state index in [1.807, 2.05) is 53.1 Å². The Morgan fingerprint density at radius 3 is 2.13 bits per heavy atom. The van der Waals surface area contributed by atoms with Crippen molar-refractivity contribution in [1.29, 1.82) is 0 Å². The molecule has 1 N–H and O–H groups in total. The van der Waals surface area contributed by atoms with Crippen molar-refractivity contribution in [2.24, 2.45) is 5.10 Å². The van der Waals surface area contributed by atoms with Crippen molar-refractivity contribution in [3.63, 3.8) is 0 Å². The maximum atomic E-state index is 12.6. The van der Waals surface area contributed by atoms with Crippen LogP contribution in [0.1, 0.15) is 5.56 Å². The monoisotopic (exact) mass is 533 g/mol. The van der Waals surface area contributed by atoms with Crippen LogP contribution < -0.4 is 24.4 Å². The molecule has 0 unspecified atom stereocenters. The first-order valence-electron chi connectivity index (χ1n) is 11.5. The number of ether oxygens (including phenoxy) is 4. The van der Waals surface area contributed by atoms with Gasteiger partial charge in [-0.3, -0.25) is 9.36 Å². The van der Waals surface area contributed by atoms with E-state index < -0.39 is 0 Å². The van der Waals surface area contributed by atoms with Crippen LogP contribution in [0.3, 0.4) is 0 Å². The summed E-state index contributed by atoms with van der Waals surface area (Å²) in [4.78, 5) is 12.6. The lowest BCUT2D eigenvalue weighted by Crippen LogP contribution is -2.20. The SMILES string of the molecule is COc1ccc(-c2nnc(SCC(=O)N/N=C/c3cc(OC)ccc3OC)n2-c2ccc(OC)cc2)cc1. The van der Waals surface area contributed by atoms with Gasteiger partial charge < -0.3 is 18.9 Å². The molecule has 0 aliphatic rings. The Morgan fingerprint density at radius 2 is 1.50 bits per heavy atom. The van der Waals surface area contributed by atoms with Crippen molar-refractivity contribution in [1.82, 2.24) is 20.2 Å². The highest BCUT2D eigenvalue weighted by atomic mass is 32.2. The fourth-order valence-electron chi connectivity index (χ4n) is 3.53. The number of nitrogens with one attached hydrogen (secondary N) is 1.